The smallest absolute Gasteiger partial charge is 0.0814 e. The molecule has 1 unspecified atom stereocenters. The summed E-state index contributed by atoms with van der Waals surface area (Å²) in [5.41, 5.74) is 16.1. The Morgan fingerprint density at radius 2 is 2.03 bits per heavy atom. The fraction of sp³-hybridized carbons (Fsp3) is 0.208. The number of allylic oxidation sites excluding steroid dienone is 1. The van der Waals surface area contributed by atoms with Gasteiger partial charge in [0.1, 0.15) is 0 Å². The zero-order valence-corrected chi connectivity index (χ0v) is 17.6. The third-order valence-corrected chi connectivity index (χ3v) is 6.26. The molecular weight excluding hydrogens is 386 g/mol. The van der Waals surface area contributed by atoms with Crippen molar-refractivity contribution in [2.75, 3.05) is 11.9 Å². The molecule has 2 aliphatic rings. The fourth-order valence-corrected chi connectivity index (χ4v) is 4.71. The molecule has 0 bridgehead atoms. The lowest BCUT2D eigenvalue weighted by Gasteiger charge is -2.21. The maximum absolute atomic E-state index is 4.36. The van der Waals surface area contributed by atoms with Crippen LogP contribution in [-0.4, -0.2) is 26.3 Å². The Balaban J connectivity index is 1.45. The van der Waals surface area contributed by atoms with E-state index in [1.165, 1.54) is 27.8 Å². The number of benzene rings is 2. The lowest BCUT2D eigenvalue weighted by molar-refractivity contribution is 0.281. The molecular formula is C24H25N7. The molecule has 4 aromatic rings. The highest BCUT2D eigenvalue weighted by molar-refractivity contribution is 5.83. The Morgan fingerprint density at radius 1 is 1.10 bits per heavy atom. The molecule has 4 N–H and O–H groups in total. The van der Waals surface area contributed by atoms with Gasteiger partial charge in [0.25, 0.3) is 0 Å². The molecule has 1 atom stereocenters. The van der Waals surface area contributed by atoms with Crippen molar-refractivity contribution in [3.63, 3.8) is 0 Å². The molecule has 31 heavy (non-hydrogen) atoms. The van der Waals surface area contributed by atoms with Crippen molar-refractivity contribution in [2.24, 2.45) is 7.05 Å². The number of aromatic amines is 1. The second-order valence-electron chi connectivity index (χ2n) is 8.33. The standard InChI is InChI=1S/C24H25N7/c1-15-24-20-5-3-16(18-13-26-30(2)14-18)12-21(20)23(8-10-31(24)29-28-15)27-19-4-6-22-17(11-19)7-9-25-22/h3-7,9,11-14,23,25,27-29H,8,10H2,1-2H3. The van der Waals surface area contributed by atoms with Crippen LogP contribution in [0.5, 0.6) is 0 Å². The Kier molecular flexibility index (Phi) is 4.04. The summed E-state index contributed by atoms with van der Waals surface area (Å²) >= 11 is 0. The number of nitrogens with one attached hydrogen (secondary N) is 4. The highest BCUT2D eigenvalue weighted by Gasteiger charge is 2.30. The minimum absolute atomic E-state index is 0.190. The molecule has 7 nitrogen and oxygen atoms in total. The van der Waals surface area contributed by atoms with Gasteiger partial charge in [-0.05, 0) is 54.8 Å². The first kappa shape index (κ1) is 18.1. The molecule has 4 heterocycles. The van der Waals surface area contributed by atoms with E-state index in [-0.39, 0.29) is 6.04 Å². The van der Waals surface area contributed by atoms with Crippen LogP contribution in [0, 0.1) is 0 Å². The van der Waals surface area contributed by atoms with Gasteiger partial charge >= 0.3 is 0 Å². The highest BCUT2D eigenvalue weighted by atomic mass is 15.7. The van der Waals surface area contributed by atoms with E-state index in [9.17, 15) is 0 Å². The van der Waals surface area contributed by atoms with Crippen LogP contribution in [0.3, 0.4) is 0 Å². The molecule has 156 valence electrons. The summed E-state index contributed by atoms with van der Waals surface area (Å²) < 4.78 is 1.85. The lowest BCUT2D eigenvalue weighted by atomic mass is 9.93. The average Bonchev–Trinajstić information content (AvgIpc) is 3.48. The van der Waals surface area contributed by atoms with Gasteiger partial charge in [-0.15, -0.1) is 5.53 Å². The quantitative estimate of drug-likeness (QED) is 0.408. The van der Waals surface area contributed by atoms with Gasteiger partial charge in [-0.1, -0.05) is 12.1 Å². The van der Waals surface area contributed by atoms with Crippen LogP contribution < -0.4 is 16.3 Å². The molecule has 0 amide bonds. The number of nitrogens with zero attached hydrogens (tertiary/aromatic N) is 3. The predicted octanol–water partition coefficient (Wildman–Crippen LogP) is 4.14. The van der Waals surface area contributed by atoms with E-state index in [1.54, 1.807) is 0 Å². The fourth-order valence-electron chi connectivity index (χ4n) is 4.71. The molecule has 6 rings (SSSR count). The number of hydrogen-bond acceptors (Lipinski definition) is 5. The Hall–Kier alpha value is -3.71. The van der Waals surface area contributed by atoms with Crippen molar-refractivity contribution in [1.82, 2.24) is 30.7 Å². The molecule has 0 saturated heterocycles. The number of hydrogen-bond donors (Lipinski definition) is 4. The molecule has 2 aliphatic heterocycles. The van der Waals surface area contributed by atoms with Crippen LogP contribution in [0.2, 0.25) is 0 Å². The van der Waals surface area contributed by atoms with E-state index in [2.05, 4.69) is 87.0 Å². The monoisotopic (exact) mass is 411 g/mol. The van der Waals surface area contributed by atoms with E-state index < -0.39 is 0 Å². The minimum atomic E-state index is 0.190. The first-order chi connectivity index (χ1) is 15.2. The maximum atomic E-state index is 4.36. The van der Waals surface area contributed by atoms with E-state index in [0.29, 0.717) is 0 Å². The average molecular weight is 412 g/mol. The first-order valence-corrected chi connectivity index (χ1v) is 10.6. The van der Waals surface area contributed by atoms with Gasteiger partial charge in [0.2, 0.25) is 0 Å². The van der Waals surface area contributed by atoms with E-state index in [0.717, 1.165) is 35.4 Å². The zero-order valence-electron chi connectivity index (χ0n) is 17.6. The van der Waals surface area contributed by atoms with Crippen molar-refractivity contribution >= 4 is 22.3 Å². The first-order valence-electron chi connectivity index (χ1n) is 10.6. The van der Waals surface area contributed by atoms with Gasteiger partial charge in [-0.3, -0.25) is 9.69 Å². The molecule has 0 aliphatic carbocycles. The molecule has 7 heteroatoms. The molecule has 0 saturated carbocycles. The summed E-state index contributed by atoms with van der Waals surface area (Å²) in [5, 5.41) is 11.6. The summed E-state index contributed by atoms with van der Waals surface area (Å²) in [6.07, 6.45) is 6.95. The number of rotatable bonds is 3. The molecule has 0 spiro atoms. The van der Waals surface area contributed by atoms with Crippen molar-refractivity contribution in [2.45, 2.75) is 19.4 Å². The number of aryl methyl sites for hydroxylation is 1. The molecule has 2 aromatic carbocycles. The summed E-state index contributed by atoms with van der Waals surface area (Å²) in [5.74, 6) is 0. The zero-order chi connectivity index (χ0) is 20.9. The number of aromatic nitrogens is 3. The maximum Gasteiger partial charge on any atom is 0.0814 e. The van der Waals surface area contributed by atoms with E-state index >= 15 is 0 Å². The molecule has 0 fully saturated rings. The van der Waals surface area contributed by atoms with Gasteiger partial charge in [-0.2, -0.15) is 5.10 Å². The van der Waals surface area contributed by atoms with Crippen LogP contribution in [0.1, 0.15) is 30.5 Å². The van der Waals surface area contributed by atoms with Crippen molar-refractivity contribution in [3.8, 4) is 11.1 Å². The van der Waals surface area contributed by atoms with Crippen LogP contribution in [0.15, 0.2) is 66.8 Å². The van der Waals surface area contributed by atoms with Gasteiger partial charge in [0, 0.05) is 53.7 Å². The predicted molar refractivity (Wildman–Crippen MR) is 123 cm³/mol. The van der Waals surface area contributed by atoms with E-state index in [4.69, 9.17) is 0 Å². The molecule has 2 aromatic heterocycles. The summed E-state index contributed by atoms with van der Waals surface area (Å²) in [6.45, 7) is 3.02. The topological polar surface area (TPSA) is 72.9 Å². The van der Waals surface area contributed by atoms with Gasteiger partial charge in [0.15, 0.2) is 0 Å². The highest BCUT2D eigenvalue weighted by Crippen LogP contribution is 2.39. The van der Waals surface area contributed by atoms with Crippen molar-refractivity contribution in [1.29, 1.82) is 0 Å². The van der Waals surface area contributed by atoms with Crippen LogP contribution in [-0.2, 0) is 7.05 Å². The van der Waals surface area contributed by atoms with Crippen LogP contribution >= 0.6 is 0 Å². The van der Waals surface area contributed by atoms with Crippen molar-refractivity contribution < 1.29 is 0 Å². The van der Waals surface area contributed by atoms with Gasteiger partial charge in [0.05, 0.1) is 23.6 Å². The Morgan fingerprint density at radius 3 is 2.90 bits per heavy atom. The third-order valence-electron chi connectivity index (χ3n) is 6.26. The normalized spacial score (nSPS) is 18.0. The minimum Gasteiger partial charge on any atom is -0.378 e. The number of H-pyrrole nitrogens is 1. The van der Waals surface area contributed by atoms with Crippen LogP contribution in [0.4, 0.5) is 5.69 Å². The molecule has 0 radical (unpaired) electrons. The van der Waals surface area contributed by atoms with Crippen molar-refractivity contribution in [3.05, 3.63) is 77.9 Å². The number of hydrazine groups is 2. The van der Waals surface area contributed by atoms with Gasteiger partial charge in [-0.25, -0.2) is 0 Å². The van der Waals surface area contributed by atoms with Gasteiger partial charge < -0.3 is 15.7 Å². The van der Waals surface area contributed by atoms with E-state index in [1.807, 2.05) is 24.1 Å². The third kappa shape index (κ3) is 3.05. The summed E-state index contributed by atoms with van der Waals surface area (Å²) in [4.78, 5) is 3.27. The lowest BCUT2D eigenvalue weighted by Crippen LogP contribution is -2.37. The van der Waals surface area contributed by atoms with Crippen LogP contribution in [0.25, 0.3) is 27.7 Å². The summed E-state index contributed by atoms with van der Waals surface area (Å²) in [6, 6.07) is 15.6. The SMILES string of the molecule is CC1=C2c3ccc(-c4cnn(C)c4)cc3C(Nc3ccc4[nH]ccc4c3)CCN2NN1. The largest absolute Gasteiger partial charge is 0.378 e. The number of fused-ring (bicyclic) bond motifs is 4. The Bertz CT molecular complexity index is 1310. The second-order valence-corrected chi connectivity index (χ2v) is 8.33. The number of anilines is 1. The second kappa shape index (κ2) is 6.92. The summed E-state index contributed by atoms with van der Waals surface area (Å²) in [7, 11) is 1.95. The Labute approximate surface area is 180 Å².